The Hall–Kier alpha value is -1.84. The summed E-state index contributed by atoms with van der Waals surface area (Å²) in [6, 6.07) is 9.65. The molecule has 1 atom stereocenters. The summed E-state index contributed by atoms with van der Waals surface area (Å²) in [5.41, 5.74) is 0.753. The number of hydrogen-bond acceptors (Lipinski definition) is 4. The van der Waals surface area contributed by atoms with Crippen molar-refractivity contribution in [3.8, 4) is 0 Å². The van der Waals surface area contributed by atoms with Crippen LogP contribution in [0.1, 0.15) is 18.9 Å². The van der Waals surface area contributed by atoms with Gasteiger partial charge in [-0.1, -0.05) is 35.5 Å². The van der Waals surface area contributed by atoms with E-state index >= 15 is 0 Å². The number of methoxy groups -OCH3 is 1. The number of carbonyl (C=O) groups is 1. The highest BCUT2D eigenvalue weighted by atomic mass is 16.7. The highest BCUT2D eigenvalue weighted by molar-refractivity contribution is 6.04. The van der Waals surface area contributed by atoms with Crippen molar-refractivity contribution >= 4 is 11.7 Å². The average molecular weight is 219 g/mol. The SMILES string of the molecule is COC(=O)[C@]1(C)CC(c2ccccc2)=NO1. The first-order chi connectivity index (χ1) is 7.65. The van der Waals surface area contributed by atoms with Gasteiger partial charge in [0.2, 0.25) is 5.60 Å². The molecule has 0 aliphatic carbocycles. The summed E-state index contributed by atoms with van der Waals surface area (Å²) in [5, 5.41) is 3.94. The van der Waals surface area contributed by atoms with E-state index < -0.39 is 11.6 Å². The molecule has 0 saturated heterocycles. The Bertz CT molecular complexity index is 427. The van der Waals surface area contributed by atoms with Crippen LogP contribution in [0.4, 0.5) is 0 Å². The van der Waals surface area contributed by atoms with Crippen LogP contribution in [0.15, 0.2) is 35.5 Å². The van der Waals surface area contributed by atoms with Crippen LogP contribution in [0.2, 0.25) is 0 Å². The summed E-state index contributed by atoms with van der Waals surface area (Å²) < 4.78 is 4.68. The Balaban J connectivity index is 2.17. The smallest absolute Gasteiger partial charge is 0.353 e. The lowest BCUT2D eigenvalue weighted by Crippen LogP contribution is -2.36. The largest absolute Gasteiger partial charge is 0.466 e. The normalized spacial score (nSPS) is 23.5. The first kappa shape index (κ1) is 10.7. The predicted octanol–water partition coefficient (Wildman–Crippen LogP) is 1.74. The molecule has 0 bridgehead atoms. The molecule has 1 aliphatic heterocycles. The number of carbonyl (C=O) groups excluding carboxylic acids is 1. The molecule has 16 heavy (non-hydrogen) atoms. The zero-order chi connectivity index (χ0) is 11.6. The van der Waals surface area contributed by atoms with Gasteiger partial charge in [0.05, 0.1) is 12.8 Å². The van der Waals surface area contributed by atoms with Gasteiger partial charge in [-0.05, 0) is 12.5 Å². The Morgan fingerprint density at radius 1 is 1.44 bits per heavy atom. The fourth-order valence-corrected chi connectivity index (χ4v) is 1.65. The standard InChI is InChI=1S/C12H13NO3/c1-12(11(14)15-2)8-10(13-16-12)9-6-4-3-5-7-9/h3-7H,8H2,1-2H3/t12-/m0/s1. The number of benzene rings is 1. The third kappa shape index (κ3) is 1.78. The molecule has 1 heterocycles. The van der Waals surface area contributed by atoms with Gasteiger partial charge in [-0.15, -0.1) is 0 Å². The zero-order valence-corrected chi connectivity index (χ0v) is 9.27. The molecule has 1 aromatic carbocycles. The van der Waals surface area contributed by atoms with Crippen molar-refractivity contribution in [2.75, 3.05) is 7.11 Å². The van der Waals surface area contributed by atoms with Crippen LogP contribution in [0.25, 0.3) is 0 Å². The van der Waals surface area contributed by atoms with E-state index in [2.05, 4.69) is 9.89 Å². The van der Waals surface area contributed by atoms with Crippen molar-refractivity contribution < 1.29 is 14.4 Å². The third-order valence-corrected chi connectivity index (χ3v) is 2.59. The number of nitrogens with zero attached hydrogens (tertiary/aromatic N) is 1. The minimum atomic E-state index is -0.986. The lowest BCUT2D eigenvalue weighted by Gasteiger charge is -2.17. The molecular weight excluding hydrogens is 206 g/mol. The molecule has 1 aromatic rings. The molecule has 0 amide bonds. The lowest BCUT2D eigenvalue weighted by atomic mass is 9.96. The van der Waals surface area contributed by atoms with Gasteiger partial charge in [-0.3, -0.25) is 0 Å². The molecule has 4 nitrogen and oxygen atoms in total. The number of esters is 1. The predicted molar refractivity (Wildman–Crippen MR) is 59.1 cm³/mol. The second-order valence-electron chi connectivity index (χ2n) is 3.89. The van der Waals surface area contributed by atoms with Crippen LogP contribution in [-0.4, -0.2) is 24.4 Å². The zero-order valence-electron chi connectivity index (χ0n) is 9.27. The maximum atomic E-state index is 11.5. The van der Waals surface area contributed by atoms with Crippen LogP contribution in [0, 0.1) is 0 Å². The summed E-state index contributed by atoms with van der Waals surface area (Å²) in [4.78, 5) is 16.7. The minimum absolute atomic E-state index is 0.401. The fraction of sp³-hybridized carbons (Fsp3) is 0.333. The van der Waals surface area contributed by atoms with Gasteiger partial charge in [-0.2, -0.15) is 0 Å². The van der Waals surface area contributed by atoms with Crippen molar-refractivity contribution in [3.05, 3.63) is 35.9 Å². The topological polar surface area (TPSA) is 47.9 Å². The summed E-state index contributed by atoms with van der Waals surface area (Å²) in [6.07, 6.45) is 0.434. The van der Waals surface area contributed by atoms with Gasteiger partial charge >= 0.3 is 5.97 Å². The molecule has 84 valence electrons. The Kier molecular flexibility index (Phi) is 2.64. The molecule has 0 radical (unpaired) electrons. The van der Waals surface area contributed by atoms with E-state index in [0.29, 0.717) is 6.42 Å². The minimum Gasteiger partial charge on any atom is -0.466 e. The highest BCUT2D eigenvalue weighted by Gasteiger charge is 2.43. The van der Waals surface area contributed by atoms with Crippen molar-refractivity contribution in [3.63, 3.8) is 0 Å². The van der Waals surface area contributed by atoms with E-state index in [1.165, 1.54) is 7.11 Å². The van der Waals surface area contributed by atoms with Crippen molar-refractivity contribution in [2.45, 2.75) is 18.9 Å². The van der Waals surface area contributed by atoms with Gasteiger partial charge in [0.15, 0.2) is 0 Å². The highest BCUT2D eigenvalue weighted by Crippen LogP contribution is 2.27. The number of rotatable bonds is 2. The van der Waals surface area contributed by atoms with E-state index in [-0.39, 0.29) is 0 Å². The molecule has 4 heteroatoms. The molecule has 1 aliphatic rings. The summed E-state index contributed by atoms with van der Waals surface area (Å²) in [6.45, 7) is 1.68. The number of hydrogen-bond donors (Lipinski definition) is 0. The monoisotopic (exact) mass is 219 g/mol. The number of ether oxygens (including phenoxy) is 1. The maximum absolute atomic E-state index is 11.5. The molecule has 0 aromatic heterocycles. The summed E-state index contributed by atoms with van der Waals surface area (Å²) in [7, 11) is 1.34. The quantitative estimate of drug-likeness (QED) is 0.712. The summed E-state index contributed by atoms with van der Waals surface area (Å²) in [5.74, 6) is -0.401. The molecule has 0 N–H and O–H groups in total. The number of oxime groups is 1. The van der Waals surface area contributed by atoms with Gasteiger partial charge in [0.1, 0.15) is 0 Å². The molecule has 0 fully saturated rings. The maximum Gasteiger partial charge on any atom is 0.353 e. The van der Waals surface area contributed by atoms with Gasteiger partial charge in [-0.25, -0.2) is 4.79 Å². The fourth-order valence-electron chi connectivity index (χ4n) is 1.65. The Labute approximate surface area is 93.9 Å². The molecule has 0 spiro atoms. The van der Waals surface area contributed by atoms with Gasteiger partial charge in [0.25, 0.3) is 0 Å². The van der Waals surface area contributed by atoms with Crippen LogP contribution >= 0.6 is 0 Å². The molecular formula is C12H13NO3. The molecule has 0 saturated carbocycles. The van der Waals surface area contributed by atoms with Crippen molar-refractivity contribution in [2.24, 2.45) is 5.16 Å². The van der Waals surface area contributed by atoms with Crippen molar-refractivity contribution in [1.82, 2.24) is 0 Å². The van der Waals surface area contributed by atoms with Gasteiger partial charge in [0, 0.05) is 6.42 Å². The first-order valence-corrected chi connectivity index (χ1v) is 5.04. The third-order valence-electron chi connectivity index (χ3n) is 2.59. The first-order valence-electron chi connectivity index (χ1n) is 5.04. The van der Waals surface area contributed by atoms with E-state index in [0.717, 1.165) is 11.3 Å². The second-order valence-corrected chi connectivity index (χ2v) is 3.89. The van der Waals surface area contributed by atoms with Crippen LogP contribution < -0.4 is 0 Å². The van der Waals surface area contributed by atoms with Crippen LogP contribution in [-0.2, 0) is 14.4 Å². The lowest BCUT2D eigenvalue weighted by molar-refractivity contribution is -0.164. The van der Waals surface area contributed by atoms with Crippen LogP contribution in [0.3, 0.4) is 0 Å². The van der Waals surface area contributed by atoms with E-state index in [1.54, 1.807) is 6.92 Å². The second kappa shape index (κ2) is 3.96. The Morgan fingerprint density at radius 2 is 2.12 bits per heavy atom. The molecule has 0 unspecified atom stereocenters. The average Bonchev–Trinajstić information content (AvgIpc) is 2.73. The van der Waals surface area contributed by atoms with E-state index in [4.69, 9.17) is 4.84 Å². The Morgan fingerprint density at radius 3 is 2.75 bits per heavy atom. The van der Waals surface area contributed by atoms with E-state index in [9.17, 15) is 4.79 Å². The van der Waals surface area contributed by atoms with Gasteiger partial charge < -0.3 is 9.57 Å². The molecule has 2 rings (SSSR count). The summed E-state index contributed by atoms with van der Waals surface area (Å²) >= 11 is 0. The van der Waals surface area contributed by atoms with Crippen molar-refractivity contribution in [1.29, 1.82) is 0 Å². The van der Waals surface area contributed by atoms with Crippen LogP contribution in [0.5, 0.6) is 0 Å². The van der Waals surface area contributed by atoms with E-state index in [1.807, 2.05) is 30.3 Å².